The van der Waals surface area contributed by atoms with Crippen LogP contribution in [0.4, 0.5) is 0 Å². The molecule has 0 aromatic carbocycles. The zero-order valence-electron chi connectivity index (χ0n) is 23.6. The molecule has 0 amide bonds. The lowest BCUT2D eigenvalue weighted by Gasteiger charge is -2.62. The number of hydrogen-bond donors (Lipinski definition) is 2. The van der Waals surface area contributed by atoms with Crippen molar-refractivity contribution in [3.63, 3.8) is 0 Å². The zero-order chi connectivity index (χ0) is 27.4. The van der Waals surface area contributed by atoms with Gasteiger partial charge in [-0.3, -0.25) is 4.79 Å². The minimum atomic E-state index is -0.994. The van der Waals surface area contributed by atoms with E-state index in [1.165, 1.54) is 6.92 Å². The Morgan fingerprint density at radius 1 is 1.19 bits per heavy atom. The number of rotatable bonds is 12. The van der Waals surface area contributed by atoms with Crippen molar-refractivity contribution in [3.05, 3.63) is 36.0 Å². The van der Waals surface area contributed by atoms with Gasteiger partial charge in [-0.15, -0.1) is 0 Å². The van der Waals surface area contributed by atoms with Gasteiger partial charge in [0.15, 0.2) is 12.6 Å². The average molecular weight is 521 g/mol. The quantitative estimate of drug-likeness (QED) is 0.161. The minimum Gasteiger partial charge on any atom is -0.459 e. The van der Waals surface area contributed by atoms with Crippen LogP contribution in [-0.4, -0.2) is 60.3 Å². The summed E-state index contributed by atoms with van der Waals surface area (Å²) in [6.45, 7) is 16.6. The van der Waals surface area contributed by atoms with Crippen molar-refractivity contribution in [1.29, 1.82) is 0 Å². The Kier molecular flexibility index (Phi) is 10.2. The van der Waals surface area contributed by atoms with E-state index in [0.29, 0.717) is 26.1 Å². The molecule has 1 aliphatic heterocycles. The van der Waals surface area contributed by atoms with E-state index < -0.39 is 47.7 Å². The summed E-state index contributed by atoms with van der Waals surface area (Å²) in [7, 11) is 0. The lowest BCUT2D eigenvalue weighted by atomic mass is 9.44. The fourth-order valence-electron chi connectivity index (χ4n) is 6.62. The number of unbranched alkanes of at least 4 members (excludes halogenated alkanes) is 2. The Hall–Kier alpha value is -1.51. The fourth-order valence-corrected chi connectivity index (χ4v) is 6.62. The van der Waals surface area contributed by atoms with E-state index >= 15 is 0 Å². The first-order valence-corrected chi connectivity index (χ1v) is 14.0. The molecule has 0 radical (unpaired) electrons. The van der Waals surface area contributed by atoms with Crippen LogP contribution in [0.15, 0.2) is 36.0 Å². The van der Waals surface area contributed by atoms with Crippen molar-refractivity contribution in [1.82, 2.24) is 0 Å². The normalized spacial score (nSPS) is 39.5. The van der Waals surface area contributed by atoms with E-state index in [2.05, 4.69) is 33.4 Å². The maximum Gasteiger partial charge on any atom is 0.303 e. The summed E-state index contributed by atoms with van der Waals surface area (Å²) in [6.07, 6.45) is 6.38. The molecule has 1 spiro atoms. The molecule has 2 unspecified atom stereocenters. The molecular formula is C30H48O7. The van der Waals surface area contributed by atoms with Gasteiger partial charge < -0.3 is 29.2 Å². The molecule has 1 heterocycles. The minimum absolute atomic E-state index is 0.210. The van der Waals surface area contributed by atoms with Crippen LogP contribution < -0.4 is 0 Å². The summed E-state index contributed by atoms with van der Waals surface area (Å²) >= 11 is 0. The van der Waals surface area contributed by atoms with Crippen LogP contribution in [0.2, 0.25) is 0 Å². The summed E-state index contributed by atoms with van der Waals surface area (Å²) in [6, 6.07) is 0. The number of carbonyl (C=O) groups is 1. The van der Waals surface area contributed by atoms with E-state index in [9.17, 15) is 15.0 Å². The highest BCUT2D eigenvalue weighted by atomic mass is 16.8. The SMILES string of the molecule is C=C/C(C)=C\C[C@]1(C)[C@H](C)[C@@H](O)C(OC(C)=O)C23C(=C[C@H](O)C[C@H]21)[C@@H](OCCCC)O[C@H]3OCCCC. The van der Waals surface area contributed by atoms with Crippen LogP contribution in [0.3, 0.4) is 0 Å². The predicted octanol–water partition coefficient (Wildman–Crippen LogP) is 5.07. The molecule has 9 atom stereocenters. The second kappa shape index (κ2) is 12.6. The van der Waals surface area contributed by atoms with Crippen LogP contribution >= 0.6 is 0 Å². The number of aliphatic hydroxyl groups excluding tert-OH is 2. The van der Waals surface area contributed by atoms with Crippen molar-refractivity contribution in [3.8, 4) is 0 Å². The molecule has 1 saturated carbocycles. The largest absolute Gasteiger partial charge is 0.459 e. The zero-order valence-corrected chi connectivity index (χ0v) is 23.6. The number of carbonyl (C=O) groups excluding carboxylic acids is 1. The van der Waals surface area contributed by atoms with E-state index in [4.69, 9.17) is 18.9 Å². The highest BCUT2D eigenvalue weighted by molar-refractivity contribution is 5.66. The van der Waals surface area contributed by atoms with Gasteiger partial charge in [0, 0.05) is 13.5 Å². The Morgan fingerprint density at radius 3 is 2.43 bits per heavy atom. The van der Waals surface area contributed by atoms with Gasteiger partial charge in [0.2, 0.25) is 0 Å². The van der Waals surface area contributed by atoms with Gasteiger partial charge in [-0.1, -0.05) is 70.9 Å². The third-order valence-electron chi connectivity index (χ3n) is 8.96. The van der Waals surface area contributed by atoms with Crippen LogP contribution in [0.1, 0.15) is 80.1 Å². The van der Waals surface area contributed by atoms with Crippen LogP contribution in [0, 0.1) is 22.7 Å². The molecule has 210 valence electrons. The third kappa shape index (κ3) is 5.62. The maximum absolute atomic E-state index is 12.4. The summed E-state index contributed by atoms with van der Waals surface area (Å²) < 4.78 is 25.1. The maximum atomic E-state index is 12.4. The van der Waals surface area contributed by atoms with Crippen molar-refractivity contribution in [2.45, 2.75) is 111 Å². The molecule has 3 rings (SSSR count). The van der Waals surface area contributed by atoms with Crippen molar-refractivity contribution in [2.24, 2.45) is 22.7 Å². The fraction of sp³-hybridized carbons (Fsp3) is 0.767. The highest BCUT2D eigenvalue weighted by Crippen LogP contribution is 2.67. The second-order valence-electron chi connectivity index (χ2n) is 11.3. The Bertz CT molecular complexity index is 866. The summed E-state index contributed by atoms with van der Waals surface area (Å²) in [5, 5.41) is 22.9. The summed E-state index contributed by atoms with van der Waals surface area (Å²) in [5.41, 5.74) is 0.313. The average Bonchev–Trinajstić information content (AvgIpc) is 3.17. The molecular weight excluding hydrogens is 472 g/mol. The lowest BCUT2D eigenvalue weighted by Crippen LogP contribution is -2.68. The number of hydrogen-bond acceptors (Lipinski definition) is 7. The van der Waals surface area contributed by atoms with Gasteiger partial charge >= 0.3 is 5.97 Å². The Morgan fingerprint density at radius 2 is 1.84 bits per heavy atom. The van der Waals surface area contributed by atoms with Gasteiger partial charge in [-0.05, 0) is 55.4 Å². The molecule has 0 aromatic rings. The van der Waals surface area contributed by atoms with Crippen LogP contribution in [-0.2, 0) is 23.7 Å². The first-order chi connectivity index (χ1) is 17.6. The molecule has 37 heavy (non-hydrogen) atoms. The van der Waals surface area contributed by atoms with Crippen LogP contribution in [0.5, 0.6) is 0 Å². The molecule has 0 aromatic heterocycles. The molecule has 1 saturated heterocycles. The number of esters is 1. The van der Waals surface area contributed by atoms with Gasteiger partial charge in [-0.2, -0.15) is 0 Å². The highest BCUT2D eigenvalue weighted by Gasteiger charge is 2.73. The summed E-state index contributed by atoms with van der Waals surface area (Å²) in [4.78, 5) is 12.4. The van der Waals surface area contributed by atoms with Crippen molar-refractivity contribution < 1.29 is 34.0 Å². The second-order valence-corrected chi connectivity index (χ2v) is 11.3. The van der Waals surface area contributed by atoms with E-state index in [0.717, 1.165) is 36.8 Å². The van der Waals surface area contributed by atoms with Gasteiger partial charge in [-0.25, -0.2) is 0 Å². The van der Waals surface area contributed by atoms with Gasteiger partial charge in [0.05, 0.1) is 24.2 Å². The van der Waals surface area contributed by atoms with Crippen molar-refractivity contribution >= 4 is 5.97 Å². The molecule has 2 fully saturated rings. The number of aliphatic hydroxyl groups is 2. The summed E-state index contributed by atoms with van der Waals surface area (Å²) in [5.74, 6) is -0.911. The third-order valence-corrected chi connectivity index (χ3v) is 8.96. The molecule has 2 N–H and O–H groups in total. The smallest absolute Gasteiger partial charge is 0.303 e. The molecule has 2 aliphatic carbocycles. The molecule has 0 bridgehead atoms. The first-order valence-electron chi connectivity index (χ1n) is 14.0. The Balaban J connectivity index is 2.22. The van der Waals surface area contributed by atoms with E-state index in [1.54, 1.807) is 6.08 Å². The topological polar surface area (TPSA) is 94.5 Å². The molecule has 3 aliphatic rings. The van der Waals surface area contributed by atoms with Gasteiger partial charge in [0.1, 0.15) is 6.10 Å². The van der Waals surface area contributed by atoms with Gasteiger partial charge in [0.25, 0.3) is 0 Å². The first kappa shape index (κ1) is 30.0. The van der Waals surface area contributed by atoms with E-state index in [-0.39, 0.29) is 11.8 Å². The monoisotopic (exact) mass is 520 g/mol. The van der Waals surface area contributed by atoms with E-state index in [1.807, 2.05) is 19.9 Å². The number of allylic oxidation sites excluding steroid dienone is 3. The standard InChI is InChI=1S/C30H48O7/c1-8-11-15-34-27-23-17-22(32)18-24-29(7,14-13-19(4)10-3)20(5)25(33)26(36-21(6)31)30(23,24)28(37-27)35-16-12-9-2/h10,13,17,20,22,24-28,32-33H,3,8-9,11-12,14-16,18H2,1-2,4-7H3/b19-13-/t20-,22+,24+,25-,26?,27+,28-,29-,30?/m1/s1. The molecule has 7 heteroatoms. The predicted molar refractivity (Wildman–Crippen MR) is 142 cm³/mol. The van der Waals surface area contributed by atoms with Crippen LogP contribution in [0.25, 0.3) is 0 Å². The lowest BCUT2D eigenvalue weighted by molar-refractivity contribution is -0.285. The Labute approximate surface area is 222 Å². The number of ether oxygens (including phenoxy) is 4. The van der Waals surface area contributed by atoms with Crippen molar-refractivity contribution in [2.75, 3.05) is 13.2 Å². The molecule has 7 nitrogen and oxygen atoms in total.